The lowest BCUT2D eigenvalue weighted by atomic mass is 10.2. The number of hydrogen-bond acceptors (Lipinski definition) is 4. The Balaban J connectivity index is 2.41. The Morgan fingerprint density at radius 3 is 2.57 bits per heavy atom. The maximum absolute atomic E-state index is 13.6. The zero-order chi connectivity index (χ0) is 15.8. The van der Waals surface area contributed by atoms with Crippen LogP contribution in [0.4, 0.5) is 10.1 Å². The lowest BCUT2D eigenvalue weighted by Gasteiger charge is -2.08. The maximum atomic E-state index is 13.6. The molecule has 0 aliphatic carbocycles. The molecule has 112 valence electrons. The number of nitrogens with one attached hydrogen (secondary N) is 1. The van der Waals surface area contributed by atoms with Crippen molar-refractivity contribution in [1.29, 1.82) is 0 Å². The molecule has 2 N–H and O–H groups in total. The minimum atomic E-state index is -4.06. The number of carboxylic acid groups (broad SMARTS) is 1. The fourth-order valence-electron chi connectivity index (χ4n) is 1.39. The minimum Gasteiger partial charge on any atom is -0.478 e. The molecule has 0 aliphatic heterocycles. The first-order valence-electron chi connectivity index (χ1n) is 5.21. The molecule has 10 heteroatoms. The molecule has 5 nitrogen and oxygen atoms in total. The zero-order valence-electron chi connectivity index (χ0n) is 9.93. The molecule has 0 fully saturated rings. The van der Waals surface area contributed by atoms with Crippen molar-refractivity contribution >= 4 is 60.5 Å². The first-order valence-corrected chi connectivity index (χ1v) is 8.68. The second kappa shape index (κ2) is 5.91. The number of rotatable bonds is 4. The molecule has 21 heavy (non-hydrogen) atoms. The van der Waals surface area contributed by atoms with E-state index in [1.807, 2.05) is 4.72 Å². The third-order valence-corrected chi connectivity index (χ3v) is 6.66. The topological polar surface area (TPSA) is 83.5 Å². The highest BCUT2D eigenvalue weighted by atomic mass is 79.9. The molecule has 2 rings (SSSR count). The van der Waals surface area contributed by atoms with Gasteiger partial charge in [0.05, 0.1) is 20.1 Å². The van der Waals surface area contributed by atoms with E-state index in [0.29, 0.717) is 3.79 Å². The molecule has 1 heterocycles. The average molecular weight is 415 g/mol. The average Bonchev–Trinajstić information content (AvgIpc) is 2.73. The molecule has 0 radical (unpaired) electrons. The van der Waals surface area contributed by atoms with Crippen LogP contribution in [0.3, 0.4) is 0 Å². The van der Waals surface area contributed by atoms with Crippen molar-refractivity contribution < 1.29 is 22.7 Å². The number of hydrogen-bond donors (Lipinski definition) is 2. The van der Waals surface area contributed by atoms with Gasteiger partial charge in [-0.05, 0) is 40.2 Å². The van der Waals surface area contributed by atoms with Gasteiger partial charge in [-0.2, -0.15) is 0 Å². The normalized spacial score (nSPS) is 11.4. The van der Waals surface area contributed by atoms with Crippen molar-refractivity contribution in [2.45, 2.75) is 4.21 Å². The lowest BCUT2D eigenvalue weighted by molar-refractivity contribution is 0.0697. The van der Waals surface area contributed by atoms with Crippen molar-refractivity contribution in [2.24, 2.45) is 0 Å². The van der Waals surface area contributed by atoms with Crippen molar-refractivity contribution in [3.05, 3.63) is 44.5 Å². The first kappa shape index (κ1) is 16.2. The summed E-state index contributed by atoms with van der Waals surface area (Å²) in [6, 6.07) is 4.02. The van der Waals surface area contributed by atoms with Crippen molar-refractivity contribution in [2.75, 3.05) is 4.72 Å². The number of halogens is 3. The summed E-state index contributed by atoms with van der Waals surface area (Å²) in [5.74, 6) is -2.18. The Morgan fingerprint density at radius 1 is 1.38 bits per heavy atom. The zero-order valence-corrected chi connectivity index (χ0v) is 13.9. The van der Waals surface area contributed by atoms with E-state index in [0.717, 1.165) is 29.5 Å². The van der Waals surface area contributed by atoms with Gasteiger partial charge in [0.2, 0.25) is 0 Å². The number of aromatic carboxylic acids is 1. The third kappa shape index (κ3) is 3.54. The van der Waals surface area contributed by atoms with Crippen LogP contribution in [-0.2, 0) is 10.0 Å². The van der Waals surface area contributed by atoms with Crippen LogP contribution in [-0.4, -0.2) is 19.5 Å². The Labute approximate surface area is 136 Å². The largest absolute Gasteiger partial charge is 0.478 e. The fraction of sp³-hybridized carbons (Fsp3) is 0. The van der Waals surface area contributed by atoms with Crippen LogP contribution in [0.15, 0.2) is 32.3 Å². The summed E-state index contributed by atoms with van der Waals surface area (Å²) < 4.78 is 40.1. The van der Waals surface area contributed by atoms with Gasteiger partial charge in [-0.1, -0.05) is 11.6 Å². The predicted molar refractivity (Wildman–Crippen MR) is 81.2 cm³/mol. The van der Waals surface area contributed by atoms with Crippen molar-refractivity contribution in [3.63, 3.8) is 0 Å². The quantitative estimate of drug-likeness (QED) is 0.797. The van der Waals surface area contributed by atoms with E-state index in [4.69, 9.17) is 16.7 Å². The molecule has 0 aliphatic rings. The van der Waals surface area contributed by atoms with Gasteiger partial charge in [0, 0.05) is 0 Å². The maximum Gasteiger partial charge on any atom is 0.335 e. The Morgan fingerprint density at radius 2 is 2.05 bits per heavy atom. The van der Waals surface area contributed by atoms with Gasteiger partial charge in [-0.15, -0.1) is 11.3 Å². The highest BCUT2D eigenvalue weighted by Crippen LogP contribution is 2.35. The van der Waals surface area contributed by atoms with Gasteiger partial charge in [0.15, 0.2) is 0 Å². The summed E-state index contributed by atoms with van der Waals surface area (Å²) in [6.07, 6.45) is 0. The van der Waals surface area contributed by atoms with Crippen LogP contribution < -0.4 is 4.72 Å². The molecule has 1 aromatic heterocycles. The van der Waals surface area contributed by atoms with E-state index in [1.54, 1.807) is 0 Å². The number of sulfonamides is 1. The van der Waals surface area contributed by atoms with Gasteiger partial charge < -0.3 is 5.11 Å². The molecule has 1 aromatic carbocycles. The SMILES string of the molecule is O=C(O)c1ccc(F)c(NS(=O)(=O)c2cc(Cl)c(Br)s2)c1. The molecular weight excluding hydrogens is 409 g/mol. The summed E-state index contributed by atoms with van der Waals surface area (Å²) in [4.78, 5) is 10.8. The third-order valence-electron chi connectivity index (χ3n) is 2.35. The molecule has 0 spiro atoms. The van der Waals surface area contributed by atoms with Gasteiger partial charge in [0.25, 0.3) is 10.0 Å². The molecule has 2 aromatic rings. The molecule has 0 saturated heterocycles. The Bertz CT molecular complexity index is 802. The van der Waals surface area contributed by atoms with Crippen LogP contribution in [0.1, 0.15) is 10.4 Å². The lowest BCUT2D eigenvalue weighted by Crippen LogP contribution is -2.13. The highest BCUT2D eigenvalue weighted by Gasteiger charge is 2.21. The van der Waals surface area contributed by atoms with Crippen LogP contribution in [0.25, 0.3) is 0 Å². The summed E-state index contributed by atoms with van der Waals surface area (Å²) in [5.41, 5.74) is -0.685. The molecule has 0 atom stereocenters. The van der Waals surface area contributed by atoms with Crippen molar-refractivity contribution in [3.8, 4) is 0 Å². The second-order valence-electron chi connectivity index (χ2n) is 3.79. The standard InChI is InChI=1S/C11H6BrClFNO4S2/c12-10-6(13)4-9(20-10)21(18,19)15-8-3-5(11(16)17)1-2-7(8)14/h1-4,15H,(H,16,17). The molecule has 0 unspecified atom stereocenters. The van der Waals surface area contributed by atoms with Crippen LogP contribution >= 0.6 is 38.9 Å². The van der Waals surface area contributed by atoms with Crippen molar-refractivity contribution in [1.82, 2.24) is 0 Å². The first-order chi connectivity index (χ1) is 9.70. The summed E-state index contributed by atoms with van der Waals surface area (Å²) in [5, 5.41) is 9.04. The smallest absolute Gasteiger partial charge is 0.335 e. The Hall–Kier alpha value is -1.16. The highest BCUT2D eigenvalue weighted by molar-refractivity contribution is 9.11. The molecular formula is C11H6BrClFNO4S2. The van der Waals surface area contributed by atoms with E-state index in [-0.39, 0.29) is 14.8 Å². The van der Waals surface area contributed by atoms with Gasteiger partial charge >= 0.3 is 5.97 Å². The molecule has 0 bridgehead atoms. The van der Waals surface area contributed by atoms with E-state index in [9.17, 15) is 17.6 Å². The van der Waals surface area contributed by atoms with E-state index in [1.165, 1.54) is 6.07 Å². The number of thiophene rings is 1. The van der Waals surface area contributed by atoms with E-state index >= 15 is 0 Å². The summed E-state index contributed by atoms with van der Waals surface area (Å²) >= 11 is 9.69. The van der Waals surface area contributed by atoms with Gasteiger partial charge in [-0.25, -0.2) is 17.6 Å². The minimum absolute atomic E-state index is 0.125. The van der Waals surface area contributed by atoms with Gasteiger partial charge in [-0.3, -0.25) is 4.72 Å². The van der Waals surface area contributed by atoms with Crippen LogP contribution in [0, 0.1) is 5.82 Å². The van der Waals surface area contributed by atoms with E-state index in [2.05, 4.69) is 15.9 Å². The number of carbonyl (C=O) groups is 1. The monoisotopic (exact) mass is 413 g/mol. The summed E-state index contributed by atoms with van der Waals surface area (Å²) in [6.45, 7) is 0. The van der Waals surface area contributed by atoms with E-state index < -0.39 is 27.5 Å². The van der Waals surface area contributed by atoms with Crippen LogP contribution in [0.2, 0.25) is 5.02 Å². The molecule has 0 amide bonds. The van der Waals surface area contributed by atoms with Gasteiger partial charge in [0.1, 0.15) is 10.0 Å². The number of anilines is 1. The Kier molecular flexibility index (Phi) is 4.57. The second-order valence-corrected chi connectivity index (χ2v) is 8.48. The summed E-state index contributed by atoms with van der Waals surface area (Å²) in [7, 11) is -4.06. The number of carboxylic acids is 1. The molecule has 0 saturated carbocycles. The number of benzene rings is 1. The van der Waals surface area contributed by atoms with Crippen LogP contribution in [0.5, 0.6) is 0 Å². The predicted octanol–water partition coefficient (Wildman–Crippen LogP) is 3.80. The fourth-order valence-corrected chi connectivity index (χ4v) is 4.85.